The Morgan fingerprint density at radius 1 is 1.07 bits per heavy atom. The zero-order valence-corrected chi connectivity index (χ0v) is 15.7. The van der Waals surface area contributed by atoms with E-state index in [0.717, 1.165) is 5.56 Å². The fourth-order valence-corrected chi connectivity index (χ4v) is 2.64. The van der Waals surface area contributed by atoms with Gasteiger partial charge in [-0.1, -0.05) is 0 Å². The molecular formula is C19H23N3O5. The third-order valence-corrected chi connectivity index (χ3v) is 4.14. The van der Waals surface area contributed by atoms with Gasteiger partial charge in [-0.3, -0.25) is 20.2 Å². The van der Waals surface area contributed by atoms with Crippen molar-refractivity contribution in [1.29, 1.82) is 0 Å². The van der Waals surface area contributed by atoms with Crippen LogP contribution in [0, 0.1) is 10.1 Å². The van der Waals surface area contributed by atoms with Gasteiger partial charge in [0.1, 0.15) is 11.5 Å². The summed E-state index contributed by atoms with van der Waals surface area (Å²) >= 11 is 0. The Kier molecular flexibility index (Phi) is 6.73. The van der Waals surface area contributed by atoms with Crippen molar-refractivity contribution in [3.8, 4) is 11.5 Å². The second-order valence-electron chi connectivity index (χ2n) is 6.01. The molecule has 27 heavy (non-hydrogen) atoms. The summed E-state index contributed by atoms with van der Waals surface area (Å²) in [5, 5.41) is 16.6. The molecule has 0 saturated carbocycles. The molecule has 144 valence electrons. The second-order valence-corrected chi connectivity index (χ2v) is 6.01. The number of hydrogen-bond donors (Lipinski definition) is 2. The van der Waals surface area contributed by atoms with Crippen molar-refractivity contribution < 1.29 is 19.2 Å². The fourth-order valence-electron chi connectivity index (χ4n) is 2.64. The van der Waals surface area contributed by atoms with E-state index < -0.39 is 11.0 Å². The zero-order chi connectivity index (χ0) is 20.0. The molecule has 0 spiro atoms. The number of benzene rings is 2. The van der Waals surface area contributed by atoms with Gasteiger partial charge in [-0.2, -0.15) is 0 Å². The minimum atomic E-state index is -0.508. The number of nitrogens with one attached hydrogen (secondary N) is 2. The molecule has 0 aliphatic rings. The van der Waals surface area contributed by atoms with Gasteiger partial charge in [-0.25, -0.2) is 0 Å². The summed E-state index contributed by atoms with van der Waals surface area (Å²) < 4.78 is 10.6. The first-order valence-electron chi connectivity index (χ1n) is 8.39. The summed E-state index contributed by atoms with van der Waals surface area (Å²) in [7, 11) is 3.17. The number of rotatable bonds is 8. The number of ether oxygens (including phenoxy) is 2. The van der Waals surface area contributed by atoms with Gasteiger partial charge in [0.25, 0.3) is 5.69 Å². The Balaban J connectivity index is 2.04. The lowest BCUT2D eigenvalue weighted by atomic mass is 10.1. The molecule has 0 aliphatic carbocycles. The van der Waals surface area contributed by atoms with Gasteiger partial charge >= 0.3 is 0 Å². The van der Waals surface area contributed by atoms with Crippen molar-refractivity contribution >= 4 is 17.3 Å². The summed E-state index contributed by atoms with van der Waals surface area (Å²) in [6.45, 7) is 3.66. The lowest BCUT2D eigenvalue weighted by Crippen LogP contribution is -2.39. The molecule has 1 amide bonds. The van der Waals surface area contributed by atoms with Crippen LogP contribution < -0.4 is 20.1 Å². The van der Waals surface area contributed by atoms with Crippen LogP contribution in [0.5, 0.6) is 11.5 Å². The molecule has 2 aromatic carbocycles. The Morgan fingerprint density at radius 2 is 1.74 bits per heavy atom. The van der Waals surface area contributed by atoms with E-state index in [4.69, 9.17) is 9.47 Å². The molecular weight excluding hydrogens is 350 g/mol. The maximum absolute atomic E-state index is 12.4. The number of hydrogen-bond acceptors (Lipinski definition) is 6. The van der Waals surface area contributed by atoms with E-state index in [1.165, 1.54) is 24.3 Å². The predicted molar refractivity (Wildman–Crippen MR) is 102 cm³/mol. The van der Waals surface area contributed by atoms with Crippen LogP contribution in [0.4, 0.5) is 11.4 Å². The molecule has 2 atom stereocenters. The van der Waals surface area contributed by atoms with Crippen molar-refractivity contribution in [3.05, 3.63) is 58.1 Å². The number of carbonyl (C=O) groups excluding carboxylic acids is 1. The summed E-state index contributed by atoms with van der Waals surface area (Å²) in [5.74, 6) is 1.14. The van der Waals surface area contributed by atoms with Gasteiger partial charge in [-0.05, 0) is 44.2 Å². The highest BCUT2D eigenvalue weighted by molar-refractivity contribution is 5.94. The van der Waals surface area contributed by atoms with Gasteiger partial charge in [0.05, 0.1) is 25.2 Å². The standard InChI is InChI=1S/C19H23N3O5/c1-12(17-11-16(26-3)9-10-18(17)27-4)20-13(2)19(23)21-14-5-7-15(8-6-14)22(24)25/h5-13,20H,1-4H3,(H,21,23)/t12-,13-/m0/s1. The normalized spacial score (nSPS) is 12.7. The number of nitrogens with zero attached hydrogens (tertiary/aromatic N) is 1. The van der Waals surface area contributed by atoms with E-state index >= 15 is 0 Å². The van der Waals surface area contributed by atoms with Crippen molar-refractivity contribution in [3.63, 3.8) is 0 Å². The lowest BCUT2D eigenvalue weighted by Gasteiger charge is -2.22. The monoisotopic (exact) mass is 373 g/mol. The largest absolute Gasteiger partial charge is 0.497 e. The van der Waals surface area contributed by atoms with E-state index in [1.54, 1.807) is 27.2 Å². The molecule has 0 heterocycles. The summed E-state index contributed by atoms with van der Waals surface area (Å²) in [6, 6.07) is 10.5. The highest BCUT2D eigenvalue weighted by atomic mass is 16.6. The lowest BCUT2D eigenvalue weighted by molar-refractivity contribution is -0.384. The predicted octanol–water partition coefficient (Wildman–Crippen LogP) is 3.29. The number of amides is 1. The first-order chi connectivity index (χ1) is 12.8. The van der Waals surface area contributed by atoms with E-state index in [0.29, 0.717) is 17.2 Å². The minimum Gasteiger partial charge on any atom is -0.497 e. The molecule has 2 rings (SSSR count). The maximum atomic E-state index is 12.4. The van der Waals surface area contributed by atoms with Crippen LogP contribution in [-0.4, -0.2) is 31.1 Å². The highest BCUT2D eigenvalue weighted by Gasteiger charge is 2.19. The van der Waals surface area contributed by atoms with Crippen LogP contribution in [0.2, 0.25) is 0 Å². The van der Waals surface area contributed by atoms with Gasteiger partial charge in [0.2, 0.25) is 5.91 Å². The van der Waals surface area contributed by atoms with Crippen LogP contribution in [0.25, 0.3) is 0 Å². The summed E-state index contributed by atoms with van der Waals surface area (Å²) in [6.07, 6.45) is 0. The van der Waals surface area contributed by atoms with E-state index in [2.05, 4.69) is 10.6 Å². The third-order valence-electron chi connectivity index (χ3n) is 4.14. The van der Waals surface area contributed by atoms with Gasteiger partial charge < -0.3 is 14.8 Å². The molecule has 0 unspecified atom stereocenters. The van der Waals surface area contributed by atoms with E-state index in [1.807, 2.05) is 19.1 Å². The van der Waals surface area contributed by atoms with E-state index in [9.17, 15) is 14.9 Å². The Morgan fingerprint density at radius 3 is 2.30 bits per heavy atom. The third kappa shape index (κ3) is 5.18. The van der Waals surface area contributed by atoms with E-state index in [-0.39, 0.29) is 17.6 Å². The molecule has 0 fully saturated rings. The Bertz CT molecular complexity index is 807. The molecule has 0 radical (unpaired) electrons. The average Bonchev–Trinajstić information content (AvgIpc) is 2.67. The van der Waals surface area contributed by atoms with Crippen LogP contribution >= 0.6 is 0 Å². The molecule has 0 aromatic heterocycles. The van der Waals surface area contributed by atoms with Crippen LogP contribution in [0.15, 0.2) is 42.5 Å². The Labute approximate surface area is 157 Å². The molecule has 0 bridgehead atoms. The van der Waals surface area contributed by atoms with Crippen LogP contribution in [-0.2, 0) is 4.79 Å². The Hall–Kier alpha value is -3.13. The number of non-ortho nitro benzene ring substituents is 1. The van der Waals surface area contributed by atoms with Crippen molar-refractivity contribution in [2.24, 2.45) is 0 Å². The summed E-state index contributed by atoms with van der Waals surface area (Å²) in [4.78, 5) is 22.6. The smallest absolute Gasteiger partial charge is 0.269 e. The number of nitro groups is 1. The molecule has 2 aromatic rings. The SMILES string of the molecule is COc1ccc(OC)c([C@H](C)N[C@@H](C)C(=O)Nc2ccc([N+](=O)[O-])cc2)c1. The fraction of sp³-hybridized carbons (Fsp3) is 0.316. The molecule has 8 nitrogen and oxygen atoms in total. The topological polar surface area (TPSA) is 103 Å². The summed E-state index contributed by atoms with van der Waals surface area (Å²) in [5.41, 5.74) is 1.33. The second kappa shape index (κ2) is 9.00. The highest BCUT2D eigenvalue weighted by Crippen LogP contribution is 2.29. The van der Waals surface area contributed by atoms with Crippen molar-refractivity contribution in [2.45, 2.75) is 25.9 Å². The minimum absolute atomic E-state index is 0.0297. The first kappa shape index (κ1) is 20.2. The van der Waals surface area contributed by atoms with Gasteiger partial charge in [-0.15, -0.1) is 0 Å². The molecule has 8 heteroatoms. The van der Waals surface area contributed by atoms with Crippen LogP contribution in [0.1, 0.15) is 25.5 Å². The number of carbonyl (C=O) groups is 1. The molecule has 2 N–H and O–H groups in total. The number of nitro benzene ring substituents is 1. The maximum Gasteiger partial charge on any atom is 0.269 e. The first-order valence-corrected chi connectivity index (χ1v) is 8.39. The zero-order valence-electron chi connectivity index (χ0n) is 15.7. The number of methoxy groups -OCH3 is 2. The average molecular weight is 373 g/mol. The van der Waals surface area contributed by atoms with Gasteiger partial charge in [0, 0.05) is 29.4 Å². The van der Waals surface area contributed by atoms with Crippen molar-refractivity contribution in [2.75, 3.05) is 19.5 Å². The molecule has 0 saturated heterocycles. The van der Waals surface area contributed by atoms with Crippen LogP contribution in [0.3, 0.4) is 0 Å². The quantitative estimate of drug-likeness (QED) is 0.544. The van der Waals surface area contributed by atoms with Gasteiger partial charge in [0.15, 0.2) is 0 Å². The van der Waals surface area contributed by atoms with Crippen molar-refractivity contribution in [1.82, 2.24) is 5.32 Å². The number of anilines is 1. The molecule has 0 aliphatic heterocycles.